The Hall–Kier alpha value is -1.21. The van der Waals surface area contributed by atoms with Crippen LogP contribution in [0.2, 0.25) is 5.02 Å². The lowest BCUT2D eigenvalue weighted by molar-refractivity contribution is 0.419. The van der Waals surface area contributed by atoms with E-state index in [-0.39, 0.29) is 0 Å². The summed E-state index contributed by atoms with van der Waals surface area (Å²) in [6, 6.07) is 8.40. The van der Waals surface area contributed by atoms with Crippen molar-refractivity contribution in [1.29, 1.82) is 0 Å². The van der Waals surface area contributed by atoms with E-state index < -0.39 is 0 Å². The molecule has 2 aromatic rings. The van der Waals surface area contributed by atoms with E-state index in [0.29, 0.717) is 5.92 Å². The third kappa shape index (κ3) is 2.25. The van der Waals surface area contributed by atoms with Crippen LogP contribution >= 0.6 is 11.6 Å². The molecule has 2 heteroatoms. The van der Waals surface area contributed by atoms with E-state index in [4.69, 9.17) is 16.3 Å². The van der Waals surface area contributed by atoms with Crippen molar-refractivity contribution in [1.82, 2.24) is 0 Å². The minimum atomic E-state index is 0.480. The Kier molecular flexibility index (Phi) is 3.30. The van der Waals surface area contributed by atoms with Gasteiger partial charge in [-0.2, -0.15) is 0 Å². The number of benzene rings is 2. The summed E-state index contributed by atoms with van der Waals surface area (Å²) in [5.41, 5.74) is 2.35. The smallest absolute Gasteiger partial charge is 0.126 e. The molecule has 0 aliphatic rings. The summed E-state index contributed by atoms with van der Waals surface area (Å²) in [6.07, 6.45) is 0. The van der Waals surface area contributed by atoms with E-state index >= 15 is 0 Å². The summed E-state index contributed by atoms with van der Waals surface area (Å²) in [4.78, 5) is 0. The van der Waals surface area contributed by atoms with Crippen LogP contribution in [0.1, 0.15) is 30.9 Å². The molecular formula is C15H17ClO. The maximum atomic E-state index is 6.17. The molecular weight excluding hydrogens is 232 g/mol. The molecule has 0 unspecified atom stereocenters. The molecule has 0 bridgehead atoms. The number of hydrogen-bond acceptors (Lipinski definition) is 1. The van der Waals surface area contributed by atoms with Gasteiger partial charge >= 0.3 is 0 Å². The maximum absolute atomic E-state index is 6.17. The van der Waals surface area contributed by atoms with Gasteiger partial charge in [0.15, 0.2) is 0 Å². The summed E-state index contributed by atoms with van der Waals surface area (Å²) in [7, 11) is 1.71. The summed E-state index contributed by atoms with van der Waals surface area (Å²) in [6.45, 7) is 6.37. The zero-order valence-electron chi connectivity index (χ0n) is 10.7. The Morgan fingerprint density at radius 2 is 1.82 bits per heavy atom. The third-order valence-corrected chi connectivity index (χ3v) is 3.51. The third-order valence-electron chi connectivity index (χ3n) is 3.10. The summed E-state index contributed by atoms with van der Waals surface area (Å²) < 4.78 is 5.47. The first-order valence-corrected chi connectivity index (χ1v) is 6.18. The predicted molar refractivity (Wildman–Crippen MR) is 74.3 cm³/mol. The molecule has 0 N–H and O–H groups in total. The van der Waals surface area contributed by atoms with Gasteiger partial charge in [-0.05, 0) is 47.6 Å². The Balaban J connectivity index is 2.78. The van der Waals surface area contributed by atoms with E-state index in [1.54, 1.807) is 7.11 Å². The first-order valence-electron chi connectivity index (χ1n) is 5.80. The van der Waals surface area contributed by atoms with Gasteiger partial charge in [0.25, 0.3) is 0 Å². The topological polar surface area (TPSA) is 9.23 Å². The summed E-state index contributed by atoms with van der Waals surface area (Å²) >= 11 is 6.17. The van der Waals surface area contributed by atoms with Crippen molar-refractivity contribution in [2.24, 2.45) is 0 Å². The average molecular weight is 249 g/mol. The van der Waals surface area contributed by atoms with E-state index in [1.807, 2.05) is 13.0 Å². The summed E-state index contributed by atoms with van der Waals surface area (Å²) in [5.74, 6) is 1.40. The monoisotopic (exact) mass is 248 g/mol. The number of ether oxygens (including phenoxy) is 1. The molecule has 0 amide bonds. The highest BCUT2D eigenvalue weighted by Gasteiger charge is 2.09. The number of fused-ring (bicyclic) bond motifs is 1. The lowest BCUT2D eigenvalue weighted by Crippen LogP contribution is -1.92. The van der Waals surface area contributed by atoms with Crippen molar-refractivity contribution in [2.75, 3.05) is 7.11 Å². The van der Waals surface area contributed by atoms with Crippen LogP contribution in [-0.2, 0) is 0 Å². The molecule has 2 rings (SSSR count). The molecule has 0 aliphatic carbocycles. The quantitative estimate of drug-likeness (QED) is 0.732. The van der Waals surface area contributed by atoms with Crippen LogP contribution in [0.3, 0.4) is 0 Å². The SMILES string of the molecule is COc1cc(C(C)C)cc2cc(Cl)c(C)cc12. The van der Waals surface area contributed by atoms with Crippen molar-refractivity contribution in [3.05, 3.63) is 40.4 Å². The number of halogens is 1. The van der Waals surface area contributed by atoms with Crippen molar-refractivity contribution < 1.29 is 4.74 Å². The summed E-state index contributed by atoms with van der Waals surface area (Å²) in [5, 5.41) is 3.07. The Morgan fingerprint density at radius 3 is 2.41 bits per heavy atom. The molecule has 0 fully saturated rings. The molecule has 1 nitrogen and oxygen atoms in total. The Labute approximate surface area is 107 Å². The standard InChI is InChI=1S/C15H17ClO/c1-9(2)11-6-12-7-14(16)10(3)5-13(12)15(8-11)17-4/h5-9H,1-4H3. The van der Waals surface area contributed by atoms with Crippen LogP contribution in [-0.4, -0.2) is 7.11 Å². The van der Waals surface area contributed by atoms with Gasteiger partial charge in [-0.3, -0.25) is 0 Å². The second-order valence-electron chi connectivity index (χ2n) is 4.70. The van der Waals surface area contributed by atoms with Crippen LogP contribution in [0.25, 0.3) is 10.8 Å². The van der Waals surface area contributed by atoms with Crippen LogP contribution in [0.15, 0.2) is 24.3 Å². The number of hydrogen-bond donors (Lipinski definition) is 0. The molecule has 17 heavy (non-hydrogen) atoms. The fourth-order valence-corrected chi connectivity index (χ4v) is 2.15. The molecule has 0 aliphatic heterocycles. The molecule has 2 aromatic carbocycles. The van der Waals surface area contributed by atoms with E-state index in [1.165, 1.54) is 5.56 Å². The fourth-order valence-electron chi connectivity index (χ4n) is 1.98. The largest absolute Gasteiger partial charge is 0.496 e. The average Bonchev–Trinajstić information content (AvgIpc) is 2.29. The fraction of sp³-hybridized carbons (Fsp3) is 0.333. The van der Waals surface area contributed by atoms with Crippen molar-refractivity contribution in [3.8, 4) is 5.75 Å². The molecule has 0 atom stereocenters. The normalized spacial score (nSPS) is 11.2. The van der Waals surface area contributed by atoms with Crippen LogP contribution < -0.4 is 4.74 Å². The molecule has 0 heterocycles. The van der Waals surface area contributed by atoms with Gasteiger partial charge in [0, 0.05) is 10.4 Å². The first kappa shape index (κ1) is 12.3. The number of rotatable bonds is 2. The highest BCUT2D eigenvalue weighted by atomic mass is 35.5. The minimum absolute atomic E-state index is 0.480. The molecule has 0 radical (unpaired) electrons. The van der Waals surface area contributed by atoms with Gasteiger partial charge in [-0.25, -0.2) is 0 Å². The number of aryl methyl sites for hydroxylation is 1. The van der Waals surface area contributed by atoms with E-state index in [0.717, 1.165) is 27.1 Å². The Morgan fingerprint density at radius 1 is 1.12 bits per heavy atom. The predicted octanol–water partition coefficient (Wildman–Crippen LogP) is 4.93. The van der Waals surface area contributed by atoms with Crippen molar-refractivity contribution >= 4 is 22.4 Å². The van der Waals surface area contributed by atoms with Gasteiger partial charge in [-0.1, -0.05) is 31.5 Å². The van der Waals surface area contributed by atoms with E-state index in [9.17, 15) is 0 Å². The van der Waals surface area contributed by atoms with Gasteiger partial charge in [-0.15, -0.1) is 0 Å². The van der Waals surface area contributed by atoms with E-state index in [2.05, 4.69) is 32.0 Å². The lowest BCUT2D eigenvalue weighted by atomic mass is 9.97. The lowest BCUT2D eigenvalue weighted by Gasteiger charge is -2.13. The molecule has 0 saturated heterocycles. The molecule has 0 saturated carbocycles. The highest BCUT2D eigenvalue weighted by molar-refractivity contribution is 6.32. The minimum Gasteiger partial charge on any atom is -0.496 e. The Bertz CT molecular complexity index is 558. The molecule has 90 valence electrons. The first-order chi connectivity index (χ1) is 8.02. The zero-order valence-corrected chi connectivity index (χ0v) is 11.4. The van der Waals surface area contributed by atoms with Crippen molar-refractivity contribution in [2.45, 2.75) is 26.7 Å². The van der Waals surface area contributed by atoms with Crippen molar-refractivity contribution in [3.63, 3.8) is 0 Å². The highest BCUT2D eigenvalue weighted by Crippen LogP contribution is 2.33. The van der Waals surface area contributed by atoms with Crippen LogP contribution in [0.5, 0.6) is 5.75 Å². The van der Waals surface area contributed by atoms with Gasteiger partial charge in [0.05, 0.1) is 7.11 Å². The number of methoxy groups -OCH3 is 1. The molecule has 0 spiro atoms. The zero-order chi connectivity index (χ0) is 12.6. The van der Waals surface area contributed by atoms with Gasteiger partial charge < -0.3 is 4.74 Å². The second kappa shape index (κ2) is 4.58. The second-order valence-corrected chi connectivity index (χ2v) is 5.11. The van der Waals surface area contributed by atoms with Crippen LogP contribution in [0.4, 0.5) is 0 Å². The van der Waals surface area contributed by atoms with Gasteiger partial charge in [0.1, 0.15) is 5.75 Å². The molecule has 0 aromatic heterocycles. The maximum Gasteiger partial charge on any atom is 0.126 e. The van der Waals surface area contributed by atoms with Crippen LogP contribution in [0, 0.1) is 6.92 Å². The van der Waals surface area contributed by atoms with Gasteiger partial charge in [0.2, 0.25) is 0 Å².